The fraction of sp³-hybridized carbons (Fsp3) is 1.00. The zero-order chi connectivity index (χ0) is 12.8. The van der Waals surface area contributed by atoms with Gasteiger partial charge in [-0.3, -0.25) is 4.90 Å². The molecule has 2 saturated heterocycles. The van der Waals surface area contributed by atoms with Crippen LogP contribution in [0.25, 0.3) is 0 Å². The van der Waals surface area contributed by atoms with Gasteiger partial charge in [-0.25, -0.2) is 8.42 Å². The van der Waals surface area contributed by atoms with Crippen LogP contribution < -0.4 is 5.73 Å². The van der Waals surface area contributed by atoms with Gasteiger partial charge in [-0.15, -0.1) is 0 Å². The molecule has 1 aliphatic carbocycles. The minimum absolute atomic E-state index is 0.240. The fourth-order valence-corrected chi connectivity index (χ4v) is 6.48. The van der Waals surface area contributed by atoms with E-state index in [1.165, 1.54) is 32.1 Å². The predicted molar refractivity (Wildman–Crippen MR) is 72.1 cm³/mol. The molecule has 0 amide bonds. The molecular formula is C13H24N2O2S. The monoisotopic (exact) mass is 272 g/mol. The number of likely N-dealkylation sites (tertiary alicyclic amines) is 1. The Kier molecular flexibility index (Phi) is 3.19. The fourth-order valence-electron chi connectivity index (χ4n) is 4.40. The van der Waals surface area contributed by atoms with Crippen LogP contribution in [-0.2, 0) is 9.84 Å². The molecule has 2 N–H and O–H groups in total. The van der Waals surface area contributed by atoms with Gasteiger partial charge in [0.25, 0.3) is 0 Å². The first-order valence-electron chi connectivity index (χ1n) is 7.24. The van der Waals surface area contributed by atoms with E-state index in [2.05, 4.69) is 4.90 Å². The van der Waals surface area contributed by atoms with Gasteiger partial charge in [0.05, 0.1) is 11.5 Å². The van der Waals surface area contributed by atoms with Crippen molar-refractivity contribution < 1.29 is 8.42 Å². The molecule has 0 aromatic heterocycles. The highest BCUT2D eigenvalue weighted by molar-refractivity contribution is 7.91. The smallest absolute Gasteiger partial charge is 0.152 e. The molecule has 3 unspecified atom stereocenters. The summed E-state index contributed by atoms with van der Waals surface area (Å²) in [5.41, 5.74) is 5.74. The van der Waals surface area contributed by atoms with Crippen molar-refractivity contribution in [3.8, 4) is 0 Å². The van der Waals surface area contributed by atoms with E-state index in [4.69, 9.17) is 5.73 Å². The molecule has 0 aromatic carbocycles. The number of hydrogen-bond donors (Lipinski definition) is 1. The Balaban J connectivity index is 1.84. The third-order valence-corrected chi connectivity index (χ3v) is 7.17. The van der Waals surface area contributed by atoms with E-state index in [1.807, 2.05) is 0 Å². The molecule has 3 atom stereocenters. The van der Waals surface area contributed by atoms with Gasteiger partial charge < -0.3 is 5.73 Å². The van der Waals surface area contributed by atoms with Crippen LogP contribution in [0, 0.1) is 5.92 Å². The van der Waals surface area contributed by atoms with Crippen molar-refractivity contribution in [2.75, 3.05) is 24.6 Å². The minimum Gasteiger partial charge on any atom is -0.329 e. The molecule has 0 aromatic rings. The standard InChI is InChI=1S/C13H24N2O2S/c14-9-13(6-8-18(16,17)10-13)15-7-5-11-3-1-2-4-12(11)15/h11-12H,1-10,14H2. The van der Waals surface area contributed by atoms with Crippen molar-refractivity contribution in [1.29, 1.82) is 0 Å². The quantitative estimate of drug-likeness (QED) is 0.806. The molecule has 2 aliphatic heterocycles. The molecule has 1 saturated carbocycles. The largest absolute Gasteiger partial charge is 0.329 e. The van der Waals surface area contributed by atoms with E-state index in [0.717, 1.165) is 18.9 Å². The van der Waals surface area contributed by atoms with Crippen molar-refractivity contribution in [3.63, 3.8) is 0 Å². The summed E-state index contributed by atoms with van der Waals surface area (Å²) >= 11 is 0. The van der Waals surface area contributed by atoms with E-state index < -0.39 is 9.84 Å². The van der Waals surface area contributed by atoms with Gasteiger partial charge >= 0.3 is 0 Å². The molecule has 0 bridgehead atoms. The lowest BCUT2D eigenvalue weighted by atomic mass is 9.83. The van der Waals surface area contributed by atoms with Crippen molar-refractivity contribution in [2.24, 2.45) is 11.7 Å². The Labute approximate surface area is 110 Å². The molecule has 104 valence electrons. The zero-order valence-electron chi connectivity index (χ0n) is 11.0. The zero-order valence-corrected chi connectivity index (χ0v) is 11.8. The van der Waals surface area contributed by atoms with Crippen molar-refractivity contribution in [3.05, 3.63) is 0 Å². The first kappa shape index (κ1) is 12.9. The van der Waals surface area contributed by atoms with E-state index in [1.54, 1.807) is 0 Å². The Morgan fingerprint density at radius 1 is 1.22 bits per heavy atom. The van der Waals surface area contributed by atoms with Gasteiger partial charge in [-0.1, -0.05) is 12.8 Å². The molecule has 3 rings (SSSR count). The highest BCUT2D eigenvalue weighted by Crippen LogP contribution is 2.42. The second-order valence-corrected chi connectivity index (χ2v) is 8.55. The first-order valence-corrected chi connectivity index (χ1v) is 9.06. The van der Waals surface area contributed by atoms with Crippen molar-refractivity contribution >= 4 is 9.84 Å². The molecule has 18 heavy (non-hydrogen) atoms. The molecular weight excluding hydrogens is 248 g/mol. The summed E-state index contributed by atoms with van der Waals surface area (Å²) in [6.45, 7) is 1.55. The van der Waals surface area contributed by atoms with Gasteiger partial charge in [0, 0.05) is 18.1 Å². The molecule has 0 spiro atoms. The molecule has 0 radical (unpaired) electrons. The van der Waals surface area contributed by atoms with Crippen molar-refractivity contribution in [1.82, 2.24) is 4.90 Å². The second kappa shape index (κ2) is 4.46. The Morgan fingerprint density at radius 3 is 2.67 bits per heavy atom. The molecule has 2 heterocycles. The lowest BCUT2D eigenvalue weighted by Crippen LogP contribution is -2.57. The Hall–Kier alpha value is -0.130. The van der Waals surface area contributed by atoms with Crippen LogP contribution >= 0.6 is 0 Å². The third kappa shape index (κ3) is 2.00. The minimum atomic E-state index is -2.86. The summed E-state index contributed by atoms with van der Waals surface area (Å²) in [5.74, 6) is 1.42. The number of sulfone groups is 1. The number of nitrogens with two attached hydrogens (primary N) is 1. The van der Waals surface area contributed by atoms with Gasteiger partial charge in [-0.2, -0.15) is 0 Å². The topological polar surface area (TPSA) is 63.4 Å². The Bertz CT molecular complexity index is 423. The number of hydrogen-bond acceptors (Lipinski definition) is 4. The average molecular weight is 272 g/mol. The van der Waals surface area contributed by atoms with E-state index in [-0.39, 0.29) is 5.54 Å². The molecule has 5 heteroatoms. The lowest BCUT2D eigenvalue weighted by Gasteiger charge is -2.43. The summed E-state index contributed by atoms with van der Waals surface area (Å²) in [5, 5.41) is 0. The van der Waals surface area contributed by atoms with E-state index in [9.17, 15) is 8.42 Å². The molecule has 3 fully saturated rings. The first-order chi connectivity index (χ1) is 8.56. The third-order valence-electron chi connectivity index (χ3n) is 5.37. The van der Waals surface area contributed by atoms with Gasteiger partial charge in [0.1, 0.15) is 0 Å². The van der Waals surface area contributed by atoms with Crippen molar-refractivity contribution in [2.45, 2.75) is 50.1 Å². The predicted octanol–water partition coefficient (Wildman–Crippen LogP) is 0.767. The van der Waals surface area contributed by atoms with Crippen LogP contribution in [0.5, 0.6) is 0 Å². The molecule has 4 nitrogen and oxygen atoms in total. The van der Waals surface area contributed by atoms with Gasteiger partial charge in [0.15, 0.2) is 9.84 Å². The van der Waals surface area contributed by atoms with Gasteiger partial charge in [-0.05, 0) is 38.1 Å². The normalized spacial score (nSPS) is 44.1. The summed E-state index contributed by atoms with van der Waals surface area (Å²) in [4.78, 5) is 2.49. The maximum Gasteiger partial charge on any atom is 0.152 e. The van der Waals surface area contributed by atoms with E-state index >= 15 is 0 Å². The summed E-state index contributed by atoms with van der Waals surface area (Å²) < 4.78 is 23.7. The maximum absolute atomic E-state index is 11.8. The lowest BCUT2D eigenvalue weighted by molar-refractivity contribution is 0.0722. The van der Waals surface area contributed by atoms with Crippen LogP contribution in [0.15, 0.2) is 0 Å². The summed E-state index contributed by atoms with van der Waals surface area (Å²) in [6.07, 6.45) is 7.20. The SMILES string of the molecule is NCC1(N2CCC3CCCCC32)CCS(=O)(=O)C1. The number of rotatable bonds is 2. The van der Waals surface area contributed by atoms with Crippen LogP contribution in [0.2, 0.25) is 0 Å². The number of nitrogens with zero attached hydrogens (tertiary/aromatic N) is 1. The molecule has 3 aliphatic rings. The van der Waals surface area contributed by atoms with Crippen LogP contribution in [0.4, 0.5) is 0 Å². The van der Waals surface area contributed by atoms with Crippen LogP contribution in [0.3, 0.4) is 0 Å². The highest BCUT2D eigenvalue weighted by atomic mass is 32.2. The van der Waals surface area contributed by atoms with Crippen LogP contribution in [0.1, 0.15) is 38.5 Å². The Morgan fingerprint density at radius 2 is 2.00 bits per heavy atom. The summed E-state index contributed by atoms with van der Waals surface area (Å²) in [6, 6.07) is 0.607. The highest BCUT2D eigenvalue weighted by Gasteiger charge is 2.51. The second-order valence-electron chi connectivity index (χ2n) is 6.36. The summed E-state index contributed by atoms with van der Waals surface area (Å²) in [7, 11) is -2.86. The average Bonchev–Trinajstić information content (AvgIpc) is 2.91. The van der Waals surface area contributed by atoms with Gasteiger partial charge in [0.2, 0.25) is 0 Å². The number of fused-ring (bicyclic) bond motifs is 1. The van der Waals surface area contributed by atoms with E-state index in [0.29, 0.717) is 24.1 Å². The van der Waals surface area contributed by atoms with Crippen LogP contribution in [-0.4, -0.2) is 49.5 Å². The maximum atomic E-state index is 11.8.